The summed E-state index contributed by atoms with van der Waals surface area (Å²) < 4.78 is 30.0. The van der Waals surface area contributed by atoms with Gasteiger partial charge >= 0.3 is 19.9 Å². The highest BCUT2D eigenvalue weighted by Crippen LogP contribution is 2.56. The minimum Gasteiger partial charge on any atom is -0.450 e. The Balaban J connectivity index is 3.35. The number of carbonyl (C=O) groups excluding carboxylic acids is 2. The zero-order chi connectivity index (χ0) is 19.9. The van der Waals surface area contributed by atoms with Gasteiger partial charge in [-0.05, 0) is 53.7 Å². The molecule has 0 aliphatic heterocycles. The molecule has 0 heterocycles. The molecule has 0 aromatic heterocycles. The van der Waals surface area contributed by atoms with Gasteiger partial charge in [-0.3, -0.25) is 9.05 Å². The summed E-state index contributed by atoms with van der Waals surface area (Å²) in [4.78, 5) is 24.4. The summed E-state index contributed by atoms with van der Waals surface area (Å²) in [5, 5.41) is 2.04. The number of alkyl carbamates (subject to hydrolysis) is 1. The van der Waals surface area contributed by atoms with Gasteiger partial charge < -0.3 is 4.74 Å². The van der Waals surface area contributed by atoms with E-state index in [2.05, 4.69) is 0 Å². The van der Waals surface area contributed by atoms with E-state index in [1.165, 1.54) is 0 Å². The lowest BCUT2D eigenvalue weighted by molar-refractivity contribution is 0.140. The van der Waals surface area contributed by atoms with Gasteiger partial charge in [-0.2, -0.15) is 4.67 Å². The van der Waals surface area contributed by atoms with E-state index in [9.17, 15) is 14.2 Å². The van der Waals surface area contributed by atoms with Crippen molar-refractivity contribution in [3.8, 4) is 0 Å². The first kappa shape index (κ1) is 22.2. The summed E-state index contributed by atoms with van der Waals surface area (Å²) in [6, 6.07) is 5.72. The Labute approximate surface area is 154 Å². The molecule has 0 saturated heterocycles. The molecular weight excluding hydrogens is 359 g/mol. The van der Waals surface area contributed by atoms with E-state index < -0.39 is 32.1 Å². The van der Waals surface area contributed by atoms with Crippen LogP contribution in [-0.4, -0.2) is 30.9 Å². The monoisotopic (exact) mass is 386 g/mol. The fraction of sp³-hybridized carbons (Fsp3) is 0.529. The average Bonchev–Trinajstić information content (AvgIpc) is 2.47. The number of benzene rings is 1. The minimum absolute atomic E-state index is 0.0896. The maximum atomic E-state index is 13.5. The topological polar surface area (TPSA) is 94.2 Å². The Morgan fingerprint density at radius 3 is 2.00 bits per heavy atom. The molecule has 26 heavy (non-hydrogen) atoms. The molecule has 0 unspecified atom stereocenters. The van der Waals surface area contributed by atoms with Crippen molar-refractivity contribution >= 4 is 25.6 Å². The van der Waals surface area contributed by atoms with Gasteiger partial charge in [0.1, 0.15) is 0 Å². The molecule has 146 valence electrons. The Hall–Kier alpha value is -1.89. The minimum atomic E-state index is -4.10. The van der Waals surface area contributed by atoms with Gasteiger partial charge in [-0.1, -0.05) is 17.7 Å². The van der Waals surface area contributed by atoms with Crippen molar-refractivity contribution in [3.63, 3.8) is 0 Å². The predicted octanol–water partition coefficient (Wildman–Crippen LogP) is 4.63. The van der Waals surface area contributed by atoms with Crippen LogP contribution in [0, 0.1) is 6.92 Å². The summed E-state index contributed by atoms with van der Waals surface area (Å²) in [7, 11) is -4.10. The second-order valence-electron chi connectivity index (χ2n) is 6.07. The summed E-state index contributed by atoms with van der Waals surface area (Å²) in [5.41, 5.74) is 1.21. The zero-order valence-corrected chi connectivity index (χ0v) is 16.9. The molecule has 0 radical (unpaired) electrons. The third-order valence-corrected chi connectivity index (χ3v) is 5.17. The third kappa shape index (κ3) is 6.44. The van der Waals surface area contributed by atoms with Gasteiger partial charge in [0.25, 0.3) is 0 Å². The van der Waals surface area contributed by atoms with Crippen LogP contribution in [0.4, 0.5) is 15.3 Å². The Bertz CT molecular complexity index is 646. The first-order valence-corrected chi connectivity index (χ1v) is 9.90. The third-order valence-electron chi connectivity index (χ3n) is 2.89. The second kappa shape index (κ2) is 9.71. The highest BCUT2D eigenvalue weighted by molar-refractivity contribution is 7.56. The van der Waals surface area contributed by atoms with Crippen LogP contribution in [0.25, 0.3) is 0 Å². The van der Waals surface area contributed by atoms with Crippen LogP contribution < -0.4 is 9.99 Å². The molecule has 0 atom stereocenters. The number of hydrogen-bond acceptors (Lipinski definition) is 6. The van der Waals surface area contributed by atoms with Gasteiger partial charge in [0.15, 0.2) is 0 Å². The first-order chi connectivity index (χ1) is 12.1. The molecule has 0 aliphatic rings. The van der Waals surface area contributed by atoms with Crippen molar-refractivity contribution in [3.05, 3.63) is 29.8 Å². The van der Waals surface area contributed by atoms with E-state index >= 15 is 0 Å². The number of amides is 3. The van der Waals surface area contributed by atoms with Gasteiger partial charge in [0.2, 0.25) is 0 Å². The number of hydrogen-bond donors (Lipinski definition) is 1. The zero-order valence-electron chi connectivity index (χ0n) is 16.0. The van der Waals surface area contributed by atoms with Gasteiger partial charge in [0, 0.05) is 0 Å². The van der Waals surface area contributed by atoms with Crippen molar-refractivity contribution in [1.29, 1.82) is 0 Å². The number of urea groups is 1. The van der Waals surface area contributed by atoms with E-state index in [-0.39, 0.29) is 12.3 Å². The lowest BCUT2D eigenvalue weighted by atomic mass is 10.2. The van der Waals surface area contributed by atoms with Crippen LogP contribution in [0.5, 0.6) is 0 Å². The van der Waals surface area contributed by atoms with Crippen LogP contribution >= 0.6 is 7.75 Å². The lowest BCUT2D eigenvalue weighted by Crippen LogP contribution is -2.42. The number of nitrogens with one attached hydrogen (secondary N) is 1. The molecule has 1 aromatic rings. The number of imide groups is 1. The fourth-order valence-electron chi connectivity index (χ4n) is 2.02. The van der Waals surface area contributed by atoms with E-state index in [0.717, 1.165) is 10.2 Å². The normalized spacial score (nSPS) is 11.5. The van der Waals surface area contributed by atoms with E-state index in [0.29, 0.717) is 0 Å². The van der Waals surface area contributed by atoms with Gasteiger partial charge in [-0.25, -0.2) is 19.5 Å². The van der Waals surface area contributed by atoms with Crippen molar-refractivity contribution < 1.29 is 27.9 Å². The molecule has 3 amide bonds. The quantitative estimate of drug-likeness (QED) is 0.687. The summed E-state index contributed by atoms with van der Waals surface area (Å²) in [6.45, 7) is 10.3. The molecule has 0 fully saturated rings. The average molecular weight is 386 g/mol. The van der Waals surface area contributed by atoms with Crippen molar-refractivity contribution in [2.24, 2.45) is 0 Å². The van der Waals surface area contributed by atoms with Crippen LogP contribution in [0.1, 0.15) is 40.2 Å². The van der Waals surface area contributed by atoms with E-state index in [4.69, 9.17) is 13.8 Å². The van der Waals surface area contributed by atoms with Crippen molar-refractivity contribution in [1.82, 2.24) is 5.32 Å². The van der Waals surface area contributed by atoms with Crippen molar-refractivity contribution in [2.45, 2.75) is 53.8 Å². The second-order valence-corrected chi connectivity index (χ2v) is 7.83. The molecule has 0 aliphatic carbocycles. The highest BCUT2D eigenvalue weighted by Gasteiger charge is 2.41. The maximum absolute atomic E-state index is 13.5. The molecule has 1 rings (SSSR count). The number of anilines is 1. The molecule has 0 bridgehead atoms. The van der Waals surface area contributed by atoms with E-state index in [1.54, 1.807) is 58.9 Å². The summed E-state index contributed by atoms with van der Waals surface area (Å²) in [6.07, 6.45) is -1.92. The SMILES string of the molecule is CCOC(=O)NC(=O)N(c1ccc(C)cc1)P(=O)(OC(C)C)OC(C)C. The molecule has 9 heteroatoms. The van der Waals surface area contributed by atoms with E-state index in [1.807, 2.05) is 12.2 Å². The molecule has 0 spiro atoms. The maximum Gasteiger partial charge on any atom is 0.443 e. The molecule has 1 N–H and O–H groups in total. The highest BCUT2D eigenvalue weighted by atomic mass is 31.2. The smallest absolute Gasteiger partial charge is 0.443 e. The van der Waals surface area contributed by atoms with Crippen LogP contribution in [0.15, 0.2) is 24.3 Å². The van der Waals surface area contributed by atoms with Gasteiger partial charge in [0.05, 0.1) is 24.5 Å². The summed E-state index contributed by atoms with van der Waals surface area (Å²) in [5.74, 6) is 0. The first-order valence-electron chi connectivity index (χ1n) is 8.41. The number of ether oxygens (including phenoxy) is 1. The molecule has 1 aromatic carbocycles. The van der Waals surface area contributed by atoms with Crippen LogP contribution in [0.3, 0.4) is 0 Å². The van der Waals surface area contributed by atoms with Crippen LogP contribution in [0.2, 0.25) is 0 Å². The number of aryl methyl sites for hydroxylation is 1. The summed E-state index contributed by atoms with van der Waals surface area (Å²) >= 11 is 0. The Morgan fingerprint density at radius 2 is 1.58 bits per heavy atom. The largest absolute Gasteiger partial charge is 0.450 e. The van der Waals surface area contributed by atoms with Crippen LogP contribution in [-0.2, 0) is 18.3 Å². The number of nitrogens with zero attached hydrogens (tertiary/aromatic N) is 1. The van der Waals surface area contributed by atoms with Crippen molar-refractivity contribution in [2.75, 3.05) is 11.3 Å². The fourth-order valence-corrected chi connectivity index (χ4v) is 4.01. The lowest BCUT2D eigenvalue weighted by Gasteiger charge is -2.32. The predicted molar refractivity (Wildman–Crippen MR) is 99.3 cm³/mol. The van der Waals surface area contributed by atoms with Gasteiger partial charge in [-0.15, -0.1) is 0 Å². The number of carbonyl (C=O) groups is 2. The standard InChI is InChI=1S/C17H27N2O6P/c1-7-23-17(21)18-16(20)19(15-10-8-14(6)9-11-15)26(22,24-12(2)3)25-13(4)5/h8-13H,7H2,1-6H3,(H,18,20,21). The molecule has 0 saturated carbocycles. The number of rotatable bonds is 7. The molecular formula is C17H27N2O6P. The Kier molecular flexibility index (Phi) is 8.27. The Morgan fingerprint density at radius 1 is 1.08 bits per heavy atom. The molecule has 8 nitrogen and oxygen atoms in total.